The number of benzene rings is 7. The maximum Gasteiger partial charge on any atom is 0.0465 e. The van der Waals surface area contributed by atoms with Gasteiger partial charge in [0.25, 0.3) is 0 Å². The number of hydrogen-bond donors (Lipinski definition) is 0. The van der Waals surface area contributed by atoms with Crippen LogP contribution in [0.1, 0.15) is 69.1 Å². The molecule has 0 saturated heterocycles. The first-order valence-electron chi connectivity index (χ1n) is 20.3. The fourth-order valence-corrected chi connectivity index (χ4v) is 11.9. The van der Waals surface area contributed by atoms with Crippen molar-refractivity contribution in [3.63, 3.8) is 0 Å². The van der Waals surface area contributed by atoms with Gasteiger partial charge >= 0.3 is 0 Å². The Labute approximate surface area is 320 Å². The van der Waals surface area contributed by atoms with Gasteiger partial charge in [-0.3, -0.25) is 0 Å². The lowest BCUT2D eigenvalue weighted by molar-refractivity contribution is -0.00518. The van der Waals surface area contributed by atoms with Crippen LogP contribution < -0.4 is 4.90 Å². The maximum absolute atomic E-state index is 2.50. The summed E-state index contributed by atoms with van der Waals surface area (Å²) >= 11 is 0. The molecule has 0 heterocycles. The summed E-state index contributed by atoms with van der Waals surface area (Å²) in [5.41, 5.74) is 16.1. The summed E-state index contributed by atoms with van der Waals surface area (Å²) in [5.74, 6) is 2.82. The van der Waals surface area contributed by atoms with Gasteiger partial charge in [-0.25, -0.2) is 0 Å². The molecule has 264 valence electrons. The molecule has 1 nitrogen and oxygen atoms in total. The van der Waals surface area contributed by atoms with Gasteiger partial charge < -0.3 is 4.90 Å². The molecule has 4 saturated carbocycles. The van der Waals surface area contributed by atoms with Gasteiger partial charge in [0, 0.05) is 22.5 Å². The van der Waals surface area contributed by atoms with E-state index in [-0.39, 0.29) is 5.41 Å². The lowest BCUT2D eigenvalue weighted by atomic mass is 9.48. The van der Waals surface area contributed by atoms with Crippen LogP contribution in [0.4, 0.5) is 17.1 Å². The largest absolute Gasteiger partial charge is 0.310 e. The first-order valence-corrected chi connectivity index (χ1v) is 20.3. The number of fused-ring (bicyclic) bond motifs is 4. The molecule has 7 aromatic carbocycles. The normalized spacial score (nSPS) is 23.0. The molecule has 0 N–H and O–H groups in total. The fourth-order valence-electron chi connectivity index (χ4n) is 11.9. The van der Waals surface area contributed by atoms with Gasteiger partial charge in [0.15, 0.2) is 0 Å². The Balaban J connectivity index is 1.02. The summed E-state index contributed by atoms with van der Waals surface area (Å²) in [6, 6.07) is 59.5. The van der Waals surface area contributed by atoms with Crippen molar-refractivity contribution in [3.8, 4) is 33.4 Å². The van der Waals surface area contributed by atoms with Crippen molar-refractivity contribution < 1.29 is 0 Å². The van der Waals surface area contributed by atoms with E-state index < -0.39 is 0 Å². The summed E-state index contributed by atoms with van der Waals surface area (Å²) in [4.78, 5) is 2.49. The molecule has 0 amide bonds. The number of hydrogen-bond acceptors (Lipinski definition) is 1. The number of rotatable bonds is 6. The van der Waals surface area contributed by atoms with E-state index in [1.807, 2.05) is 0 Å². The first-order chi connectivity index (χ1) is 26.4. The van der Waals surface area contributed by atoms with Gasteiger partial charge in [0.2, 0.25) is 0 Å². The Kier molecular flexibility index (Phi) is 7.16. The van der Waals surface area contributed by atoms with E-state index >= 15 is 0 Å². The van der Waals surface area contributed by atoms with Crippen LogP contribution >= 0.6 is 0 Å². The molecule has 7 aromatic rings. The third-order valence-corrected chi connectivity index (χ3v) is 14.0. The molecule has 0 spiro atoms. The quantitative estimate of drug-likeness (QED) is 0.167. The highest BCUT2D eigenvalue weighted by Gasteiger charge is 2.51. The van der Waals surface area contributed by atoms with E-state index in [0.717, 1.165) is 17.8 Å². The minimum absolute atomic E-state index is 0.0648. The van der Waals surface area contributed by atoms with Gasteiger partial charge in [-0.15, -0.1) is 0 Å². The van der Waals surface area contributed by atoms with Crippen LogP contribution in [0.15, 0.2) is 158 Å². The van der Waals surface area contributed by atoms with Gasteiger partial charge in [-0.1, -0.05) is 135 Å². The molecule has 54 heavy (non-hydrogen) atoms. The van der Waals surface area contributed by atoms with E-state index in [1.54, 1.807) is 5.56 Å². The minimum atomic E-state index is -0.0648. The standard InChI is InChI=1S/C53H47N/c1-52(2)49-17-7-6-14-47(49)48-27-26-44(31-50(48)52)54(43-24-20-41(21-25-43)53-32-35-28-36(33-53)30-37(29-35)34-53)42-22-18-39(19-23-42)46-16-9-13-40-12-8-15-45(51(40)46)38-10-4-3-5-11-38/h3-27,31,35-37H,28-30,32-34H2,1-2H3. The Morgan fingerprint density at radius 2 is 0.963 bits per heavy atom. The second kappa shape index (κ2) is 12.1. The van der Waals surface area contributed by atoms with E-state index in [0.29, 0.717) is 5.41 Å². The first kappa shape index (κ1) is 32.1. The van der Waals surface area contributed by atoms with Crippen LogP contribution in [0.25, 0.3) is 44.2 Å². The lowest BCUT2D eigenvalue weighted by Crippen LogP contribution is -2.48. The van der Waals surface area contributed by atoms with Crippen LogP contribution in [0.2, 0.25) is 0 Å². The second-order valence-electron chi connectivity index (χ2n) is 17.6. The SMILES string of the molecule is CC1(C)c2ccccc2-c2ccc(N(c3ccc(-c4cccc5cccc(-c6ccccc6)c45)cc3)c3ccc(C45CC6CC(CC(C6)C4)C5)cc3)cc21. The second-order valence-corrected chi connectivity index (χ2v) is 17.6. The number of anilines is 3. The molecule has 0 unspecified atom stereocenters. The molecule has 5 aliphatic rings. The summed E-state index contributed by atoms with van der Waals surface area (Å²) < 4.78 is 0. The predicted octanol–water partition coefficient (Wildman–Crippen LogP) is 14.4. The maximum atomic E-state index is 2.50. The zero-order valence-electron chi connectivity index (χ0n) is 31.4. The summed E-state index contributed by atoms with van der Waals surface area (Å²) in [6.45, 7) is 4.77. The topological polar surface area (TPSA) is 3.24 Å². The van der Waals surface area contributed by atoms with Gasteiger partial charge in [-0.05, 0) is 159 Å². The van der Waals surface area contributed by atoms with Gasteiger partial charge in [-0.2, -0.15) is 0 Å². The Morgan fingerprint density at radius 1 is 0.444 bits per heavy atom. The van der Waals surface area contributed by atoms with Crippen LogP contribution in [-0.2, 0) is 10.8 Å². The van der Waals surface area contributed by atoms with E-state index in [1.165, 1.54) is 111 Å². The molecule has 0 radical (unpaired) electrons. The third kappa shape index (κ3) is 4.97. The fraction of sp³-hybridized carbons (Fsp3) is 0.245. The Hall–Kier alpha value is -5.40. The third-order valence-electron chi connectivity index (χ3n) is 14.0. The van der Waals surface area contributed by atoms with Crippen molar-refractivity contribution in [2.45, 2.75) is 63.2 Å². The molecule has 5 aliphatic carbocycles. The van der Waals surface area contributed by atoms with Gasteiger partial charge in [0.1, 0.15) is 0 Å². The molecule has 1 heteroatoms. The average molecular weight is 698 g/mol. The van der Waals surface area contributed by atoms with Crippen molar-refractivity contribution >= 4 is 27.8 Å². The van der Waals surface area contributed by atoms with Crippen molar-refractivity contribution in [3.05, 3.63) is 174 Å². The minimum Gasteiger partial charge on any atom is -0.310 e. The molecule has 4 bridgehead atoms. The molecule has 4 fully saturated rings. The molecule has 12 rings (SSSR count). The zero-order valence-corrected chi connectivity index (χ0v) is 31.4. The van der Waals surface area contributed by atoms with Crippen molar-refractivity contribution in [1.29, 1.82) is 0 Å². The van der Waals surface area contributed by atoms with Crippen LogP contribution in [-0.4, -0.2) is 0 Å². The molecule has 0 atom stereocenters. The molecule has 0 aliphatic heterocycles. The molecule has 0 aromatic heterocycles. The average Bonchev–Trinajstić information content (AvgIpc) is 3.43. The van der Waals surface area contributed by atoms with Crippen LogP contribution in [0, 0.1) is 17.8 Å². The zero-order chi connectivity index (χ0) is 36.0. The van der Waals surface area contributed by atoms with Crippen LogP contribution in [0.3, 0.4) is 0 Å². The van der Waals surface area contributed by atoms with Crippen molar-refractivity contribution in [2.24, 2.45) is 17.8 Å². The van der Waals surface area contributed by atoms with Gasteiger partial charge in [0.05, 0.1) is 0 Å². The lowest BCUT2D eigenvalue weighted by Gasteiger charge is -2.57. The summed E-state index contributed by atoms with van der Waals surface area (Å²) in [6.07, 6.45) is 8.61. The summed E-state index contributed by atoms with van der Waals surface area (Å²) in [5, 5.41) is 2.57. The number of nitrogens with zero attached hydrogens (tertiary/aromatic N) is 1. The van der Waals surface area contributed by atoms with Crippen LogP contribution in [0.5, 0.6) is 0 Å². The smallest absolute Gasteiger partial charge is 0.0465 e. The Morgan fingerprint density at radius 3 is 1.61 bits per heavy atom. The van der Waals surface area contributed by atoms with Crippen molar-refractivity contribution in [1.82, 2.24) is 0 Å². The highest BCUT2D eigenvalue weighted by molar-refractivity contribution is 6.06. The monoisotopic (exact) mass is 697 g/mol. The Bertz CT molecular complexity index is 2500. The highest BCUT2D eigenvalue weighted by atomic mass is 15.1. The molecular weight excluding hydrogens is 651 g/mol. The van der Waals surface area contributed by atoms with E-state index in [9.17, 15) is 0 Å². The molecular formula is C53H47N. The summed E-state index contributed by atoms with van der Waals surface area (Å²) in [7, 11) is 0. The highest BCUT2D eigenvalue weighted by Crippen LogP contribution is 2.61. The van der Waals surface area contributed by atoms with E-state index in [4.69, 9.17) is 0 Å². The van der Waals surface area contributed by atoms with E-state index in [2.05, 4.69) is 176 Å². The predicted molar refractivity (Wildman–Crippen MR) is 227 cm³/mol. The van der Waals surface area contributed by atoms with Crippen molar-refractivity contribution in [2.75, 3.05) is 4.90 Å².